The Morgan fingerprint density at radius 3 is 1.36 bits per heavy atom. The molecule has 0 aliphatic rings. The minimum Gasteiger partial charge on any atom is -0.496 e. The fraction of sp³-hybridized carbons (Fsp3) is 0.364. The van der Waals surface area contributed by atoms with Gasteiger partial charge in [0.05, 0.1) is 41.3 Å². The number of hydrogen-bond donors (Lipinski definition) is 0. The molecule has 0 amide bonds. The molecule has 0 unspecified atom stereocenters. The van der Waals surface area contributed by atoms with Gasteiger partial charge in [-0.1, -0.05) is 36.4 Å². The second-order valence-corrected chi connectivity index (χ2v) is 6.26. The Hall–Kier alpha value is -3.02. The third-order valence-corrected chi connectivity index (χ3v) is 4.79. The molecule has 6 heteroatoms. The van der Waals surface area contributed by atoms with Gasteiger partial charge in [0.2, 0.25) is 0 Å². The van der Waals surface area contributed by atoms with Crippen LogP contribution in [-0.4, -0.2) is 40.4 Å². The second-order valence-electron chi connectivity index (χ2n) is 6.26. The van der Waals surface area contributed by atoms with Crippen LogP contribution >= 0.6 is 0 Å². The average molecular weight is 386 g/mol. The predicted molar refractivity (Wildman–Crippen MR) is 105 cm³/mol. The van der Waals surface area contributed by atoms with Crippen LogP contribution in [0, 0.1) is 0 Å². The first kappa shape index (κ1) is 21.3. The molecule has 6 nitrogen and oxygen atoms in total. The number of ether oxygens (including phenoxy) is 4. The molecular weight excluding hydrogens is 360 g/mol. The molecule has 0 bridgehead atoms. The van der Waals surface area contributed by atoms with Crippen LogP contribution in [0.3, 0.4) is 0 Å². The number of carbonyl (C=O) groups excluding carboxylic acids is 2. The maximum Gasteiger partial charge on any atom is 0.306 e. The lowest BCUT2D eigenvalue weighted by atomic mass is 9.77. The van der Waals surface area contributed by atoms with Gasteiger partial charge in [0.15, 0.2) is 0 Å². The standard InChI is InChI=1S/C22H26O6/c1-25-19-11-7-5-9-15(19)17(13-21(23)27-3)18(14-22(24)28-4)16-10-6-8-12-20(16)26-2/h5-12,17-18H,13-14H2,1-4H3/t17-,18-/m1/s1. The van der Waals surface area contributed by atoms with E-state index in [-0.39, 0.29) is 36.6 Å². The van der Waals surface area contributed by atoms with Crippen LogP contribution in [0.5, 0.6) is 11.5 Å². The number of hydrogen-bond acceptors (Lipinski definition) is 6. The summed E-state index contributed by atoms with van der Waals surface area (Å²) in [7, 11) is 5.85. The van der Waals surface area contributed by atoms with Crippen molar-refractivity contribution in [3.05, 3.63) is 59.7 Å². The van der Waals surface area contributed by atoms with Crippen LogP contribution in [0.4, 0.5) is 0 Å². The van der Waals surface area contributed by atoms with E-state index in [9.17, 15) is 9.59 Å². The van der Waals surface area contributed by atoms with Gasteiger partial charge in [0, 0.05) is 11.8 Å². The maximum absolute atomic E-state index is 12.2. The van der Waals surface area contributed by atoms with Gasteiger partial charge in [-0.2, -0.15) is 0 Å². The second kappa shape index (κ2) is 10.3. The van der Waals surface area contributed by atoms with Gasteiger partial charge in [-0.05, 0) is 23.3 Å². The summed E-state index contributed by atoms with van der Waals surface area (Å²) in [5.41, 5.74) is 1.63. The number of carbonyl (C=O) groups is 2. The number of para-hydroxylation sites is 2. The average Bonchev–Trinajstić information content (AvgIpc) is 2.75. The third-order valence-electron chi connectivity index (χ3n) is 4.79. The molecule has 2 aromatic carbocycles. The smallest absolute Gasteiger partial charge is 0.306 e. The minimum absolute atomic E-state index is 0.0799. The quantitative estimate of drug-likeness (QED) is 0.612. The Morgan fingerprint density at radius 2 is 1.04 bits per heavy atom. The van der Waals surface area contributed by atoms with Gasteiger partial charge in [-0.25, -0.2) is 0 Å². The minimum atomic E-state index is -0.376. The molecule has 2 atom stereocenters. The molecule has 28 heavy (non-hydrogen) atoms. The maximum atomic E-state index is 12.2. The van der Waals surface area contributed by atoms with Gasteiger partial charge in [-0.15, -0.1) is 0 Å². The van der Waals surface area contributed by atoms with Crippen molar-refractivity contribution < 1.29 is 28.5 Å². The van der Waals surface area contributed by atoms with E-state index < -0.39 is 0 Å². The van der Waals surface area contributed by atoms with Crippen molar-refractivity contribution in [3.63, 3.8) is 0 Å². The molecule has 0 heterocycles. The fourth-order valence-corrected chi connectivity index (χ4v) is 3.41. The molecule has 0 spiro atoms. The van der Waals surface area contributed by atoms with Crippen molar-refractivity contribution in [1.29, 1.82) is 0 Å². The first-order valence-corrected chi connectivity index (χ1v) is 8.95. The van der Waals surface area contributed by atoms with E-state index in [2.05, 4.69) is 0 Å². The molecule has 0 fully saturated rings. The lowest BCUT2D eigenvalue weighted by Crippen LogP contribution is -2.21. The Labute approximate surface area is 165 Å². The normalized spacial score (nSPS) is 12.6. The fourth-order valence-electron chi connectivity index (χ4n) is 3.41. The van der Waals surface area contributed by atoms with Crippen LogP contribution in [0.1, 0.15) is 35.8 Å². The zero-order chi connectivity index (χ0) is 20.5. The molecule has 0 N–H and O–H groups in total. The van der Waals surface area contributed by atoms with Gasteiger partial charge in [-0.3, -0.25) is 9.59 Å². The van der Waals surface area contributed by atoms with E-state index in [0.717, 1.165) is 11.1 Å². The summed E-state index contributed by atoms with van der Waals surface area (Å²) in [4.78, 5) is 24.5. The highest BCUT2D eigenvalue weighted by Crippen LogP contribution is 2.44. The lowest BCUT2D eigenvalue weighted by molar-refractivity contribution is -0.143. The van der Waals surface area contributed by atoms with Crippen molar-refractivity contribution in [1.82, 2.24) is 0 Å². The highest BCUT2D eigenvalue weighted by Gasteiger charge is 2.33. The molecule has 0 aliphatic heterocycles. The van der Waals surface area contributed by atoms with Crippen LogP contribution in [0.2, 0.25) is 0 Å². The van der Waals surface area contributed by atoms with E-state index in [1.807, 2.05) is 48.5 Å². The van der Waals surface area contributed by atoms with Crippen molar-refractivity contribution in [3.8, 4) is 11.5 Å². The van der Waals surface area contributed by atoms with Crippen LogP contribution in [0.15, 0.2) is 48.5 Å². The van der Waals surface area contributed by atoms with Crippen molar-refractivity contribution >= 4 is 11.9 Å². The summed E-state index contributed by atoms with van der Waals surface area (Å²) in [6, 6.07) is 14.9. The molecule has 0 radical (unpaired) electrons. The Balaban J connectivity index is 2.63. The van der Waals surface area contributed by atoms with Gasteiger partial charge < -0.3 is 18.9 Å². The molecule has 0 aliphatic carbocycles. The molecule has 0 saturated heterocycles. The third kappa shape index (κ3) is 5.03. The van der Waals surface area contributed by atoms with Crippen LogP contribution < -0.4 is 9.47 Å². The van der Waals surface area contributed by atoms with E-state index in [1.54, 1.807) is 14.2 Å². The Kier molecular flexibility index (Phi) is 7.87. The molecule has 2 aromatic rings. The van der Waals surface area contributed by atoms with Gasteiger partial charge in [0.1, 0.15) is 11.5 Å². The van der Waals surface area contributed by atoms with E-state index in [1.165, 1.54) is 14.2 Å². The van der Waals surface area contributed by atoms with E-state index in [0.29, 0.717) is 11.5 Å². The molecule has 0 saturated carbocycles. The lowest BCUT2D eigenvalue weighted by Gasteiger charge is -2.29. The highest BCUT2D eigenvalue weighted by molar-refractivity contribution is 5.73. The zero-order valence-corrected chi connectivity index (χ0v) is 16.6. The van der Waals surface area contributed by atoms with Crippen molar-refractivity contribution in [2.45, 2.75) is 24.7 Å². The summed E-state index contributed by atoms with van der Waals surface area (Å²) in [6.07, 6.45) is 0.160. The monoisotopic (exact) mass is 386 g/mol. The Morgan fingerprint density at radius 1 is 0.679 bits per heavy atom. The summed E-state index contributed by atoms with van der Waals surface area (Å²) < 4.78 is 20.9. The number of rotatable bonds is 9. The number of benzene rings is 2. The number of methoxy groups -OCH3 is 4. The molecular formula is C22H26O6. The Bertz CT molecular complexity index is 734. The SMILES string of the molecule is COC(=O)C[C@H](c1ccccc1OC)[C@H](CC(=O)OC)c1ccccc1OC. The summed E-state index contributed by atoms with van der Waals surface area (Å²) in [5.74, 6) is -0.221. The predicted octanol–water partition coefficient (Wildman–Crippen LogP) is 3.70. The van der Waals surface area contributed by atoms with Crippen molar-refractivity contribution in [2.24, 2.45) is 0 Å². The number of esters is 2. The van der Waals surface area contributed by atoms with Gasteiger partial charge >= 0.3 is 11.9 Å². The largest absolute Gasteiger partial charge is 0.496 e. The first-order valence-electron chi connectivity index (χ1n) is 8.95. The summed E-state index contributed by atoms with van der Waals surface area (Å²) >= 11 is 0. The van der Waals surface area contributed by atoms with E-state index >= 15 is 0 Å². The van der Waals surface area contributed by atoms with Crippen LogP contribution in [-0.2, 0) is 19.1 Å². The molecule has 150 valence electrons. The first-order chi connectivity index (χ1) is 13.5. The topological polar surface area (TPSA) is 71.1 Å². The summed E-state index contributed by atoms with van der Waals surface area (Å²) in [5, 5.41) is 0. The molecule has 2 rings (SSSR count). The summed E-state index contributed by atoms with van der Waals surface area (Å²) in [6.45, 7) is 0. The van der Waals surface area contributed by atoms with Crippen molar-refractivity contribution in [2.75, 3.05) is 28.4 Å². The van der Waals surface area contributed by atoms with Crippen LogP contribution in [0.25, 0.3) is 0 Å². The highest BCUT2D eigenvalue weighted by atomic mass is 16.5. The van der Waals surface area contributed by atoms with Gasteiger partial charge in [0.25, 0.3) is 0 Å². The van der Waals surface area contributed by atoms with E-state index in [4.69, 9.17) is 18.9 Å². The zero-order valence-electron chi connectivity index (χ0n) is 16.6. The molecule has 0 aromatic heterocycles.